The molecule has 4 nitrogen and oxygen atoms in total. The zero-order valence-corrected chi connectivity index (χ0v) is 20.7. The van der Waals surface area contributed by atoms with Crippen LogP contribution in [-0.4, -0.2) is 30.2 Å². The summed E-state index contributed by atoms with van der Waals surface area (Å²) in [6.45, 7) is 6.57. The lowest BCUT2D eigenvalue weighted by Gasteiger charge is -2.11. The van der Waals surface area contributed by atoms with E-state index in [1.807, 2.05) is 32.9 Å². The van der Waals surface area contributed by atoms with Crippen LogP contribution in [0.2, 0.25) is 0 Å². The van der Waals surface area contributed by atoms with Gasteiger partial charge in [0, 0.05) is 24.0 Å². The number of rotatable bonds is 8. The molecular formula is C29H28F3NO3. The van der Waals surface area contributed by atoms with Crippen molar-refractivity contribution >= 4 is 33.8 Å². The van der Waals surface area contributed by atoms with Crippen molar-refractivity contribution in [2.45, 2.75) is 46.7 Å². The highest BCUT2D eigenvalue weighted by molar-refractivity contribution is 6.19. The summed E-state index contributed by atoms with van der Waals surface area (Å²) in [5.74, 6) is -1.44. The van der Waals surface area contributed by atoms with E-state index >= 15 is 0 Å². The zero-order valence-electron chi connectivity index (χ0n) is 20.7. The van der Waals surface area contributed by atoms with E-state index in [1.54, 1.807) is 41.7 Å². The van der Waals surface area contributed by atoms with Crippen molar-refractivity contribution in [3.05, 3.63) is 88.0 Å². The molecule has 0 atom stereocenters. The molecule has 3 aromatic carbocycles. The van der Waals surface area contributed by atoms with Crippen molar-refractivity contribution in [2.75, 3.05) is 6.54 Å². The molecular weight excluding hydrogens is 467 g/mol. The van der Waals surface area contributed by atoms with E-state index in [9.17, 15) is 27.6 Å². The monoisotopic (exact) mass is 495 g/mol. The minimum Gasteiger partial charge on any atom is -0.347 e. The molecule has 0 radical (unpaired) electrons. The second kappa shape index (κ2) is 10.9. The van der Waals surface area contributed by atoms with E-state index < -0.39 is 18.6 Å². The van der Waals surface area contributed by atoms with Gasteiger partial charge in [-0.15, -0.1) is 0 Å². The van der Waals surface area contributed by atoms with Crippen LogP contribution in [0.3, 0.4) is 0 Å². The second-order valence-electron chi connectivity index (χ2n) is 8.95. The van der Waals surface area contributed by atoms with E-state index in [0.29, 0.717) is 21.9 Å². The first kappa shape index (κ1) is 26.9. The van der Waals surface area contributed by atoms with Crippen LogP contribution >= 0.6 is 0 Å². The number of nitrogens with one attached hydrogen (secondary N) is 1. The predicted octanol–water partition coefficient (Wildman–Crippen LogP) is 6.69. The topological polar surface area (TPSA) is 63.2 Å². The van der Waals surface area contributed by atoms with Crippen LogP contribution in [0.1, 0.15) is 62.7 Å². The minimum absolute atomic E-state index is 0.204. The Bertz CT molecular complexity index is 1350. The Kier molecular flexibility index (Phi) is 8.13. The van der Waals surface area contributed by atoms with Crippen LogP contribution < -0.4 is 5.32 Å². The Balaban J connectivity index is 1.85. The van der Waals surface area contributed by atoms with Gasteiger partial charge in [0.15, 0.2) is 11.6 Å². The molecule has 36 heavy (non-hydrogen) atoms. The number of halogens is 3. The summed E-state index contributed by atoms with van der Waals surface area (Å²) in [4.78, 5) is 37.7. The number of benzene rings is 3. The van der Waals surface area contributed by atoms with Gasteiger partial charge in [-0.1, -0.05) is 42.5 Å². The molecule has 0 saturated heterocycles. The van der Waals surface area contributed by atoms with E-state index in [2.05, 4.69) is 6.92 Å². The number of fused-ring (bicyclic) bond motifs is 1. The van der Waals surface area contributed by atoms with Crippen LogP contribution in [0.15, 0.2) is 54.6 Å². The van der Waals surface area contributed by atoms with E-state index in [4.69, 9.17) is 0 Å². The van der Waals surface area contributed by atoms with Crippen molar-refractivity contribution < 1.29 is 27.6 Å². The molecule has 0 saturated carbocycles. The number of amides is 1. The summed E-state index contributed by atoms with van der Waals surface area (Å²) < 4.78 is 36.8. The molecule has 0 aromatic heterocycles. The lowest BCUT2D eigenvalue weighted by molar-refractivity contribution is -0.138. The number of carbonyl (C=O) groups excluding carboxylic acids is 3. The molecule has 0 aliphatic heterocycles. The maximum Gasteiger partial charge on any atom is 0.405 e. The van der Waals surface area contributed by atoms with Crippen LogP contribution in [0.4, 0.5) is 13.2 Å². The van der Waals surface area contributed by atoms with Gasteiger partial charge in [0.1, 0.15) is 6.54 Å². The molecule has 0 aliphatic rings. The van der Waals surface area contributed by atoms with Crippen molar-refractivity contribution in [2.24, 2.45) is 0 Å². The van der Waals surface area contributed by atoms with Gasteiger partial charge in [-0.25, -0.2) is 0 Å². The number of allylic oxidation sites excluding steroid dienone is 2. The van der Waals surface area contributed by atoms with Crippen molar-refractivity contribution in [3.63, 3.8) is 0 Å². The highest BCUT2D eigenvalue weighted by Crippen LogP contribution is 2.27. The summed E-state index contributed by atoms with van der Waals surface area (Å²) >= 11 is 0. The fourth-order valence-corrected chi connectivity index (χ4v) is 4.03. The van der Waals surface area contributed by atoms with Crippen LogP contribution in [0.5, 0.6) is 0 Å². The van der Waals surface area contributed by atoms with Crippen molar-refractivity contribution in [3.8, 4) is 0 Å². The van der Waals surface area contributed by atoms with Gasteiger partial charge in [0.05, 0.1) is 0 Å². The minimum atomic E-state index is -4.51. The van der Waals surface area contributed by atoms with Gasteiger partial charge in [0.2, 0.25) is 5.91 Å². The fraction of sp³-hybridized carbons (Fsp3) is 0.276. The Morgan fingerprint density at radius 2 is 1.42 bits per heavy atom. The zero-order chi connectivity index (χ0) is 26.6. The first-order valence-electron chi connectivity index (χ1n) is 11.6. The largest absolute Gasteiger partial charge is 0.405 e. The highest BCUT2D eigenvalue weighted by atomic mass is 19.4. The number of hydrogen-bond donors (Lipinski definition) is 1. The molecule has 3 rings (SSSR count). The molecule has 0 heterocycles. The smallest absolute Gasteiger partial charge is 0.347 e. The Labute approximate surface area is 208 Å². The second-order valence-corrected chi connectivity index (χ2v) is 8.95. The van der Waals surface area contributed by atoms with Crippen LogP contribution in [0.25, 0.3) is 16.3 Å². The number of alkyl halides is 3. The standard InChI is InChI=1S/C29H28F3NO3/c1-17-13-21(14-18(2)20(17)4)19(3)15-27(35)25-10-9-24(22-7-5-6-8-23(22)25)26(34)11-12-28(36)33-16-29(30,31)32/h5-10,13-15H,11-12,16H2,1-4H3,(H,33,36). The lowest BCUT2D eigenvalue weighted by atomic mass is 9.92. The van der Waals surface area contributed by atoms with Gasteiger partial charge in [-0.3, -0.25) is 14.4 Å². The summed E-state index contributed by atoms with van der Waals surface area (Å²) in [7, 11) is 0. The average Bonchev–Trinajstić information content (AvgIpc) is 2.82. The number of aryl methyl sites for hydroxylation is 2. The SMILES string of the molecule is CC(=CC(=O)c1ccc(C(=O)CCC(=O)NCC(F)(F)F)c2ccccc12)c1cc(C)c(C)c(C)c1. The predicted molar refractivity (Wildman–Crippen MR) is 135 cm³/mol. The van der Waals surface area contributed by atoms with E-state index in [-0.39, 0.29) is 24.4 Å². The molecule has 3 aromatic rings. The summed E-state index contributed by atoms with van der Waals surface area (Å²) in [6, 6.07) is 14.2. The van der Waals surface area contributed by atoms with Gasteiger partial charge in [0.25, 0.3) is 0 Å². The average molecular weight is 496 g/mol. The van der Waals surface area contributed by atoms with Gasteiger partial charge < -0.3 is 5.32 Å². The molecule has 188 valence electrons. The van der Waals surface area contributed by atoms with Crippen molar-refractivity contribution in [1.29, 1.82) is 0 Å². The molecule has 1 N–H and O–H groups in total. The normalized spacial score (nSPS) is 12.0. The van der Waals surface area contributed by atoms with Crippen LogP contribution in [-0.2, 0) is 4.79 Å². The maximum absolute atomic E-state index is 13.2. The number of carbonyl (C=O) groups is 3. The lowest BCUT2D eigenvalue weighted by Crippen LogP contribution is -2.33. The number of ketones is 2. The fourth-order valence-electron chi connectivity index (χ4n) is 4.03. The van der Waals surface area contributed by atoms with Gasteiger partial charge in [-0.05, 0) is 78.4 Å². The molecule has 0 spiro atoms. The molecule has 0 aliphatic carbocycles. The third kappa shape index (κ3) is 6.47. The molecule has 0 bridgehead atoms. The first-order chi connectivity index (χ1) is 16.9. The first-order valence-corrected chi connectivity index (χ1v) is 11.6. The Morgan fingerprint density at radius 3 is 2.00 bits per heavy atom. The highest BCUT2D eigenvalue weighted by Gasteiger charge is 2.27. The number of hydrogen-bond acceptors (Lipinski definition) is 3. The van der Waals surface area contributed by atoms with Crippen LogP contribution in [0, 0.1) is 20.8 Å². The summed E-state index contributed by atoms with van der Waals surface area (Å²) in [6.07, 6.45) is -3.53. The van der Waals surface area contributed by atoms with Crippen molar-refractivity contribution in [1.82, 2.24) is 5.32 Å². The Hall–Kier alpha value is -3.74. The van der Waals surface area contributed by atoms with E-state index in [1.165, 1.54) is 11.6 Å². The van der Waals surface area contributed by atoms with E-state index in [0.717, 1.165) is 22.3 Å². The molecule has 0 fully saturated rings. The molecule has 1 amide bonds. The molecule has 0 unspecified atom stereocenters. The molecule has 7 heteroatoms. The third-order valence-corrected chi connectivity index (χ3v) is 6.29. The summed E-state index contributed by atoms with van der Waals surface area (Å²) in [5.41, 5.74) is 6.03. The van der Waals surface area contributed by atoms with Gasteiger partial charge in [-0.2, -0.15) is 13.2 Å². The Morgan fingerprint density at radius 1 is 0.861 bits per heavy atom. The quantitative estimate of drug-likeness (QED) is 0.280. The number of Topliss-reactive ketones (excluding diaryl/α,β-unsaturated/α-hetero) is 1. The summed E-state index contributed by atoms with van der Waals surface area (Å²) in [5, 5.41) is 2.91. The third-order valence-electron chi connectivity index (χ3n) is 6.29. The van der Waals surface area contributed by atoms with Gasteiger partial charge >= 0.3 is 6.18 Å². The maximum atomic E-state index is 13.2.